The Balaban J connectivity index is 3.80. The highest BCUT2D eigenvalue weighted by molar-refractivity contribution is 7.89. The number of carbonyl (C=O) groups excluding carboxylic acids is 1. The molecule has 0 saturated heterocycles. The van der Waals surface area contributed by atoms with Crippen LogP contribution in [0.4, 0.5) is 8.78 Å². The fourth-order valence-electron chi connectivity index (χ4n) is 0.771. The normalized spacial score (nSPS) is 11.7. The molecule has 0 aromatic carbocycles. The molecule has 0 aliphatic carbocycles. The van der Waals surface area contributed by atoms with Crippen molar-refractivity contribution >= 4 is 16.0 Å². The maximum atomic E-state index is 11.7. The minimum atomic E-state index is -3.72. The van der Waals surface area contributed by atoms with E-state index in [0.717, 1.165) is 0 Å². The molecule has 0 rings (SSSR count). The number of alkyl halides is 2. The zero-order valence-corrected chi connectivity index (χ0v) is 9.02. The van der Waals surface area contributed by atoms with Gasteiger partial charge in [-0.1, -0.05) is 0 Å². The molecule has 0 heterocycles. The Morgan fingerprint density at radius 2 is 2.07 bits per heavy atom. The average Bonchev–Trinajstić information content (AvgIpc) is 2.14. The smallest absolute Gasteiger partial charge is 0.305 e. The molecular weight excluding hydrogens is 232 g/mol. The molecule has 0 spiro atoms. The van der Waals surface area contributed by atoms with Gasteiger partial charge in [-0.15, -0.1) is 0 Å². The summed E-state index contributed by atoms with van der Waals surface area (Å²) >= 11 is 0. The van der Waals surface area contributed by atoms with E-state index in [1.165, 1.54) is 7.11 Å². The molecule has 0 bridgehead atoms. The first-order valence-corrected chi connectivity index (χ1v) is 5.85. The Morgan fingerprint density at radius 3 is 2.53 bits per heavy atom. The molecule has 15 heavy (non-hydrogen) atoms. The third-order valence-corrected chi connectivity index (χ3v) is 2.91. The second kappa shape index (κ2) is 6.67. The van der Waals surface area contributed by atoms with Crippen LogP contribution in [0.15, 0.2) is 0 Å². The molecule has 0 fully saturated rings. The summed E-state index contributed by atoms with van der Waals surface area (Å²) in [6.07, 6.45) is -2.72. The summed E-state index contributed by atoms with van der Waals surface area (Å²) in [7, 11) is -2.53. The first-order chi connectivity index (χ1) is 6.87. The van der Waals surface area contributed by atoms with Gasteiger partial charge < -0.3 is 4.74 Å². The first-order valence-electron chi connectivity index (χ1n) is 4.19. The number of halogens is 2. The van der Waals surface area contributed by atoms with Crippen LogP contribution in [0, 0.1) is 0 Å². The maximum Gasteiger partial charge on any atom is 0.305 e. The molecule has 0 unspecified atom stereocenters. The second-order valence-electron chi connectivity index (χ2n) is 2.74. The lowest BCUT2D eigenvalue weighted by Crippen LogP contribution is -2.30. The van der Waals surface area contributed by atoms with Crippen molar-refractivity contribution < 1.29 is 26.7 Å². The third kappa shape index (κ3) is 8.25. The number of esters is 1. The maximum absolute atomic E-state index is 11.7. The lowest BCUT2D eigenvalue weighted by Gasteiger charge is -2.05. The van der Waals surface area contributed by atoms with Crippen molar-refractivity contribution in [3.8, 4) is 0 Å². The van der Waals surface area contributed by atoms with E-state index in [4.69, 9.17) is 0 Å². The van der Waals surface area contributed by atoms with Crippen LogP contribution in [0.2, 0.25) is 0 Å². The van der Waals surface area contributed by atoms with Crippen molar-refractivity contribution in [2.24, 2.45) is 0 Å². The van der Waals surface area contributed by atoms with Crippen molar-refractivity contribution in [1.82, 2.24) is 4.72 Å². The lowest BCUT2D eigenvalue weighted by molar-refractivity contribution is -0.140. The summed E-state index contributed by atoms with van der Waals surface area (Å²) in [5.41, 5.74) is 0. The fourth-order valence-corrected chi connectivity index (χ4v) is 1.82. The third-order valence-electron chi connectivity index (χ3n) is 1.48. The van der Waals surface area contributed by atoms with Crippen LogP contribution in [0.1, 0.15) is 12.8 Å². The van der Waals surface area contributed by atoms with E-state index in [9.17, 15) is 22.0 Å². The van der Waals surface area contributed by atoms with Gasteiger partial charge in [0.05, 0.1) is 19.4 Å². The topological polar surface area (TPSA) is 72.5 Å². The highest BCUT2D eigenvalue weighted by Crippen LogP contribution is 1.97. The van der Waals surface area contributed by atoms with E-state index in [-0.39, 0.29) is 18.6 Å². The van der Waals surface area contributed by atoms with E-state index >= 15 is 0 Å². The molecule has 5 nitrogen and oxygen atoms in total. The number of sulfonamides is 1. The highest BCUT2D eigenvalue weighted by Gasteiger charge is 2.13. The van der Waals surface area contributed by atoms with Gasteiger partial charge in [-0.05, 0) is 6.42 Å². The molecule has 0 saturated carbocycles. The van der Waals surface area contributed by atoms with Gasteiger partial charge in [-0.2, -0.15) is 0 Å². The lowest BCUT2D eigenvalue weighted by atomic mass is 10.3. The molecule has 0 amide bonds. The highest BCUT2D eigenvalue weighted by atomic mass is 32.2. The summed E-state index contributed by atoms with van der Waals surface area (Å²) in [5, 5.41) is 0. The Morgan fingerprint density at radius 1 is 1.47 bits per heavy atom. The summed E-state index contributed by atoms with van der Waals surface area (Å²) in [4.78, 5) is 10.6. The summed E-state index contributed by atoms with van der Waals surface area (Å²) < 4.78 is 51.4. The van der Waals surface area contributed by atoms with Crippen LogP contribution >= 0.6 is 0 Å². The molecule has 0 aromatic heterocycles. The quantitative estimate of drug-likeness (QED) is 0.647. The SMILES string of the molecule is COC(=O)CCCS(=O)(=O)NCC(F)F. The molecule has 90 valence electrons. The number of rotatable bonds is 7. The van der Waals surface area contributed by atoms with Crippen LogP contribution in [0.25, 0.3) is 0 Å². The van der Waals surface area contributed by atoms with E-state index in [2.05, 4.69) is 4.74 Å². The number of hydrogen-bond donors (Lipinski definition) is 1. The van der Waals surface area contributed by atoms with Crippen molar-refractivity contribution in [3.05, 3.63) is 0 Å². The van der Waals surface area contributed by atoms with E-state index in [0.29, 0.717) is 0 Å². The number of carbonyl (C=O) groups is 1. The van der Waals surface area contributed by atoms with Crippen LogP contribution in [-0.2, 0) is 19.6 Å². The van der Waals surface area contributed by atoms with Crippen molar-refractivity contribution in [1.29, 1.82) is 0 Å². The van der Waals surface area contributed by atoms with Gasteiger partial charge in [0.25, 0.3) is 6.43 Å². The summed E-state index contributed by atoms with van der Waals surface area (Å²) in [6, 6.07) is 0. The summed E-state index contributed by atoms with van der Waals surface area (Å²) in [5.74, 6) is -0.895. The molecular formula is C7H13F2NO4S. The Bertz CT molecular complexity index is 291. The fraction of sp³-hybridized carbons (Fsp3) is 0.857. The van der Waals surface area contributed by atoms with Gasteiger partial charge in [-0.3, -0.25) is 4.79 Å². The first kappa shape index (κ1) is 14.2. The van der Waals surface area contributed by atoms with Gasteiger partial charge in [-0.25, -0.2) is 21.9 Å². The molecule has 0 atom stereocenters. The molecule has 0 aliphatic heterocycles. The second-order valence-corrected chi connectivity index (χ2v) is 4.66. The molecule has 8 heteroatoms. The van der Waals surface area contributed by atoms with E-state index < -0.39 is 29.0 Å². The zero-order valence-electron chi connectivity index (χ0n) is 8.20. The number of hydrogen-bond acceptors (Lipinski definition) is 4. The monoisotopic (exact) mass is 245 g/mol. The van der Waals surface area contributed by atoms with Crippen LogP contribution in [0.3, 0.4) is 0 Å². The van der Waals surface area contributed by atoms with E-state index in [1.54, 1.807) is 4.72 Å². The molecule has 0 aromatic rings. The summed E-state index contributed by atoms with van der Waals surface area (Å²) in [6.45, 7) is -0.902. The largest absolute Gasteiger partial charge is 0.469 e. The van der Waals surface area contributed by atoms with Crippen LogP contribution < -0.4 is 4.72 Å². The number of methoxy groups -OCH3 is 1. The Hall–Kier alpha value is -0.760. The van der Waals surface area contributed by atoms with Crippen LogP contribution in [0.5, 0.6) is 0 Å². The van der Waals surface area contributed by atoms with Gasteiger partial charge in [0.2, 0.25) is 10.0 Å². The van der Waals surface area contributed by atoms with Gasteiger partial charge in [0.15, 0.2) is 0 Å². The van der Waals surface area contributed by atoms with Gasteiger partial charge in [0.1, 0.15) is 0 Å². The van der Waals surface area contributed by atoms with E-state index in [1.807, 2.05) is 0 Å². The minimum absolute atomic E-state index is 0.0469. The predicted octanol–water partition coefficient (Wildman–Crippen LogP) is 0.124. The average molecular weight is 245 g/mol. The van der Waals surface area contributed by atoms with Crippen molar-refractivity contribution in [3.63, 3.8) is 0 Å². The van der Waals surface area contributed by atoms with Crippen molar-refractivity contribution in [2.45, 2.75) is 19.3 Å². The molecule has 1 N–H and O–H groups in total. The predicted molar refractivity (Wildman–Crippen MR) is 49.0 cm³/mol. The van der Waals surface area contributed by atoms with Crippen molar-refractivity contribution in [2.75, 3.05) is 19.4 Å². The zero-order chi connectivity index (χ0) is 11.9. The van der Waals surface area contributed by atoms with Gasteiger partial charge >= 0.3 is 5.97 Å². The van der Waals surface area contributed by atoms with Crippen LogP contribution in [-0.4, -0.2) is 40.2 Å². The Kier molecular flexibility index (Phi) is 6.34. The minimum Gasteiger partial charge on any atom is -0.469 e. The standard InChI is InChI=1S/C7H13F2NO4S/c1-14-7(11)3-2-4-15(12,13)10-5-6(8)9/h6,10H,2-5H2,1H3. The Labute approximate surface area is 86.8 Å². The number of nitrogens with one attached hydrogen (secondary N) is 1. The number of ether oxygens (including phenoxy) is 1. The molecule has 0 aliphatic rings. The van der Waals surface area contributed by atoms with Gasteiger partial charge in [0, 0.05) is 6.42 Å². The molecule has 0 radical (unpaired) electrons.